The summed E-state index contributed by atoms with van der Waals surface area (Å²) in [5.41, 5.74) is 7.61. The van der Waals surface area contributed by atoms with Gasteiger partial charge in [-0.05, 0) is 36.8 Å². The molecule has 0 fully saturated rings. The normalized spacial score (nSPS) is 11.1. The van der Waals surface area contributed by atoms with Gasteiger partial charge >= 0.3 is 0 Å². The Morgan fingerprint density at radius 1 is 1.18 bits per heavy atom. The van der Waals surface area contributed by atoms with Crippen molar-refractivity contribution in [2.75, 3.05) is 11.9 Å². The highest BCUT2D eigenvalue weighted by molar-refractivity contribution is 5.97. The molecule has 0 unspecified atom stereocenters. The van der Waals surface area contributed by atoms with Crippen LogP contribution >= 0.6 is 0 Å². The zero-order valence-electron chi connectivity index (χ0n) is 15.3. The summed E-state index contributed by atoms with van der Waals surface area (Å²) in [5, 5.41) is 9.92. The Morgan fingerprint density at radius 3 is 2.61 bits per heavy atom. The van der Waals surface area contributed by atoms with Gasteiger partial charge in [0, 0.05) is 11.6 Å². The van der Waals surface area contributed by atoms with E-state index in [0.717, 1.165) is 5.56 Å². The second-order valence-corrected chi connectivity index (χ2v) is 5.92. The number of amides is 1. The lowest BCUT2D eigenvalue weighted by molar-refractivity contribution is -0.120. The first-order valence-corrected chi connectivity index (χ1v) is 8.56. The number of benzene rings is 2. The third-order valence-corrected chi connectivity index (χ3v) is 3.65. The van der Waals surface area contributed by atoms with Crippen LogP contribution in [0.25, 0.3) is 0 Å². The van der Waals surface area contributed by atoms with E-state index in [0.29, 0.717) is 29.5 Å². The van der Waals surface area contributed by atoms with Crippen molar-refractivity contribution in [1.82, 2.24) is 5.16 Å². The number of oxime groups is 1. The number of aromatic nitrogens is 1. The number of carbonyl (C=O) groups excluding carboxylic acids is 1. The highest BCUT2D eigenvalue weighted by Gasteiger charge is 2.07. The molecule has 0 aliphatic heterocycles. The number of anilines is 1. The molecule has 28 heavy (non-hydrogen) atoms. The van der Waals surface area contributed by atoms with Gasteiger partial charge in [-0.15, -0.1) is 0 Å². The van der Waals surface area contributed by atoms with E-state index in [1.54, 1.807) is 37.3 Å². The fourth-order valence-electron chi connectivity index (χ4n) is 2.28. The number of aryl methyl sites for hydroxylation is 1. The summed E-state index contributed by atoms with van der Waals surface area (Å²) >= 11 is 0. The molecule has 3 N–H and O–H groups in total. The van der Waals surface area contributed by atoms with Crippen LogP contribution in [0.1, 0.15) is 16.9 Å². The lowest BCUT2D eigenvalue weighted by Crippen LogP contribution is -2.19. The van der Waals surface area contributed by atoms with E-state index < -0.39 is 5.91 Å². The Bertz CT molecular complexity index is 936. The zero-order chi connectivity index (χ0) is 19.8. The fourth-order valence-corrected chi connectivity index (χ4v) is 2.28. The van der Waals surface area contributed by atoms with E-state index in [1.165, 1.54) is 0 Å². The Labute approximate surface area is 161 Å². The van der Waals surface area contributed by atoms with Crippen LogP contribution in [-0.4, -0.2) is 23.5 Å². The van der Waals surface area contributed by atoms with Crippen LogP contribution in [0, 0.1) is 6.92 Å². The molecule has 0 aliphatic rings. The van der Waals surface area contributed by atoms with Crippen LogP contribution < -0.4 is 15.8 Å². The quantitative estimate of drug-likeness (QED) is 0.353. The summed E-state index contributed by atoms with van der Waals surface area (Å²) in [7, 11) is 0. The average Bonchev–Trinajstić information content (AvgIpc) is 3.12. The van der Waals surface area contributed by atoms with Crippen LogP contribution in [0.3, 0.4) is 0 Å². The number of nitrogens with two attached hydrogens (primary N) is 1. The summed E-state index contributed by atoms with van der Waals surface area (Å²) in [4.78, 5) is 16.7. The molecular formula is C20H20N4O4. The van der Waals surface area contributed by atoms with E-state index in [4.69, 9.17) is 19.8 Å². The highest BCUT2D eigenvalue weighted by atomic mass is 16.6. The Balaban J connectivity index is 1.46. The molecule has 8 nitrogen and oxygen atoms in total. The Morgan fingerprint density at radius 2 is 1.93 bits per heavy atom. The molecule has 0 spiro atoms. The third kappa shape index (κ3) is 5.60. The minimum atomic E-state index is -0.422. The molecule has 2 aromatic carbocycles. The minimum absolute atomic E-state index is 0.152. The van der Waals surface area contributed by atoms with Crippen molar-refractivity contribution >= 4 is 17.6 Å². The predicted molar refractivity (Wildman–Crippen MR) is 104 cm³/mol. The molecule has 0 bridgehead atoms. The predicted octanol–water partition coefficient (Wildman–Crippen LogP) is 2.84. The first-order valence-electron chi connectivity index (χ1n) is 8.56. The van der Waals surface area contributed by atoms with Gasteiger partial charge in [0.25, 0.3) is 5.91 Å². The largest absolute Gasteiger partial charge is 0.489 e. The van der Waals surface area contributed by atoms with Gasteiger partial charge in [-0.3, -0.25) is 4.79 Å². The maximum absolute atomic E-state index is 11.7. The molecule has 3 aromatic rings. The van der Waals surface area contributed by atoms with Crippen molar-refractivity contribution in [3.63, 3.8) is 0 Å². The topological polar surface area (TPSA) is 112 Å². The van der Waals surface area contributed by atoms with E-state index in [9.17, 15) is 4.79 Å². The lowest BCUT2D eigenvalue weighted by Gasteiger charge is -2.07. The van der Waals surface area contributed by atoms with E-state index in [-0.39, 0.29) is 12.4 Å². The van der Waals surface area contributed by atoms with E-state index in [1.807, 2.05) is 30.3 Å². The van der Waals surface area contributed by atoms with Gasteiger partial charge in [-0.2, -0.15) is 0 Å². The Hall–Kier alpha value is -3.81. The average molecular weight is 380 g/mol. The summed E-state index contributed by atoms with van der Waals surface area (Å²) < 4.78 is 10.6. The molecular weight excluding hydrogens is 360 g/mol. The lowest BCUT2D eigenvalue weighted by atomic mass is 10.2. The molecule has 0 saturated heterocycles. The number of rotatable bonds is 8. The van der Waals surface area contributed by atoms with Gasteiger partial charge in [0.15, 0.2) is 18.3 Å². The van der Waals surface area contributed by atoms with Crippen molar-refractivity contribution in [1.29, 1.82) is 0 Å². The van der Waals surface area contributed by atoms with Gasteiger partial charge in [-0.25, -0.2) is 0 Å². The van der Waals surface area contributed by atoms with Crippen LogP contribution in [-0.2, 0) is 16.2 Å². The maximum atomic E-state index is 11.7. The number of nitrogens with zero attached hydrogens (tertiary/aromatic N) is 2. The Kier molecular flexibility index (Phi) is 6.25. The van der Waals surface area contributed by atoms with Crippen LogP contribution in [0.4, 0.5) is 5.82 Å². The second-order valence-electron chi connectivity index (χ2n) is 5.92. The summed E-state index contributed by atoms with van der Waals surface area (Å²) in [5.74, 6) is 1.35. The van der Waals surface area contributed by atoms with Gasteiger partial charge in [0.05, 0.1) is 0 Å². The molecule has 0 radical (unpaired) electrons. The summed E-state index contributed by atoms with van der Waals surface area (Å²) in [6.07, 6.45) is 0. The van der Waals surface area contributed by atoms with Gasteiger partial charge in [0.1, 0.15) is 18.1 Å². The first kappa shape index (κ1) is 19.0. The molecule has 1 amide bonds. The van der Waals surface area contributed by atoms with Crippen LogP contribution in [0.5, 0.6) is 5.75 Å². The fraction of sp³-hybridized carbons (Fsp3) is 0.150. The van der Waals surface area contributed by atoms with Gasteiger partial charge in [0.2, 0.25) is 0 Å². The van der Waals surface area contributed by atoms with Gasteiger partial charge in [-0.1, -0.05) is 40.6 Å². The standard InChI is InChI=1S/C20H20N4O4/c1-14-11-18(23-28-14)22-19(25)13-27-24-20(21)16-7-9-17(10-8-16)26-12-15-5-3-2-4-6-15/h2-11H,12-13H2,1H3,(H2,21,24)(H,22,23,25). The van der Waals surface area contributed by atoms with Crippen molar-refractivity contribution in [2.45, 2.75) is 13.5 Å². The van der Waals surface area contributed by atoms with Crippen molar-refractivity contribution < 1.29 is 18.9 Å². The SMILES string of the molecule is Cc1cc(NC(=O)CON=C(N)c2ccc(OCc3ccccc3)cc2)no1. The third-order valence-electron chi connectivity index (χ3n) is 3.65. The minimum Gasteiger partial charge on any atom is -0.489 e. The monoisotopic (exact) mass is 380 g/mol. The number of ether oxygens (including phenoxy) is 1. The second kappa shape index (κ2) is 9.22. The molecule has 3 rings (SSSR count). The van der Waals surface area contributed by atoms with Crippen LogP contribution in [0.15, 0.2) is 70.3 Å². The zero-order valence-corrected chi connectivity index (χ0v) is 15.3. The molecule has 1 heterocycles. The number of hydrogen-bond donors (Lipinski definition) is 2. The van der Waals surface area contributed by atoms with E-state index >= 15 is 0 Å². The smallest absolute Gasteiger partial charge is 0.266 e. The molecule has 8 heteroatoms. The molecule has 0 aliphatic carbocycles. The van der Waals surface area contributed by atoms with Crippen molar-refractivity contribution in [3.8, 4) is 5.75 Å². The number of hydrogen-bond acceptors (Lipinski definition) is 6. The van der Waals surface area contributed by atoms with Crippen molar-refractivity contribution in [2.24, 2.45) is 10.9 Å². The number of carbonyl (C=O) groups is 1. The molecule has 144 valence electrons. The maximum Gasteiger partial charge on any atom is 0.266 e. The first-order chi connectivity index (χ1) is 13.6. The van der Waals surface area contributed by atoms with Crippen molar-refractivity contribution in [3.05, 3.63) is 77.6 Å². The number of amidine groups is 1. The summed E-state index contributed by atoms with van der Waals surface area (Å²) in [6.45, 7) is 1.90. The van der Waals surface area contributed by atoms with Gasteiger partial charge < -0.3 is 25.1 Å². The summed E-state index contributed by atoms with van der Waals surface area (Å²) in [6, 6.07) is 18.6. The highest BCUT2D eigenvalue weighted by Crippen LogP contribution is 2.14. The van der Waals surface area contributed by atoms with Crippen LogP contribution in [0.2, 0.25) is 0 Å². The molecule has 0 atom stereocenters. The van der Waals surface area contributed by atoms with E-state index in [2.05, 4.69) is 15.6 Å². The number of nitrogens with one attached hydrogen (secondary N) is 1. The molecule has 1 aromatic heterocycles. The molecule has 0 saturated carbocycles.